The summed E-state index contributed by atoms with van der Waals surface area (Å²) >= 11 is 0. The highest BCUT2D eigenvalue weighted by molar-refractivity contribution is 7.92. The number of nitrogens with zero attached hydrogens (tertiary/aromatic N) is 1. The van der Waals surface area contributed by atoms with Crippen molar-refractivity contribution in [2.75, 3.05) is 17.6 Å². The molecule has 0 aromatic heterocycles. The summed E-state index contributed by atoms with van der Waals surface area (Å²) in [5, 5.41) is 0. The number of nitrogens with two attached hydrogens (primary N) is 1. The van der Waals surface area contributed by atoms with E-state index in [0.717, 1.165) is 16.1 Å². The molecular weight excluding hydrogens is 252 g/mol. The van der Waals surface area contributed by atoms with Crippen LogP contribution in [0.2, 0.25) is 0 Å². The predicted octanol–water partition coefficient (Wildman–Crippen LogP) is 1.30. The van der Waals surface area contributed by atoms with Crippen LogP contribution in [0.4, 0.5) is 5.69 Å². The second-order valence-electron chi connectivity index (χ2n) is 4.56. The Balaban J connectivity index is 3.41. The Bertz CT molecular complexity index is 565. The summed E-state index contributed by atoms with van der Waals surface area (Å²) in [6.45, 7) is 3.93. The molecule has 100 valence electrons. The van der Waals surface area contributed by atoms with Gasteiger partial charge in [0, 0.05) is 12.6 Å². The van der Waals surface area contributed by atoms with Crippen molar-refractivity contribution in [2.24, 2.45) is 5.73 Å². The van der Waals surface area contributed by atoms with Gasteiger partial charge in [0.2, 0.25) is 15.9 Å². The Morgan fingerprint density at radius 1 is 1.28 bits per heavy atom. The molecule has 1 aromatic rings. The Labute approximate surface area is 108 Å². The monoisotopic (exact) mass is 270 g/mol. The number of carbonyl (C=O) groups excluding carboxylic acids is 1. The molecule has 0 unspecified atom stereocenters. The lowest BCUT2D eigenvalue weighted by molar-refractivity contribution is 0.1000. The lowest BCUT2D eigenvalue weighted by atomic mass is 9.99. The fraction of sp³-hybridized carbons (Fsp3) is 0.417. The van der Waals surface area contributed by atoms with Gasteiger partial charge >= 0.3 is 0 Å². The molecule has 0 bridgehead atoms. The highest BCUT2D eigenvalue weighted by atomic mass is 32.2. The number of carbonyl (C=O) groups is 1. The smallest absolute Gasteiger partial charge is 0.248 e. The van der Waals surface area contributed by atoms with E-state index in [1.54, 1.807) is 12.1 Å². The zero-order valence-corrected chi connectivity index (χ0v) is 11.8. The average molecular weight is 270 g/mol. The second kappa shape index (κ2) is 4.97. The van der Waals surface area contributed by atoms with Gasteiger partial charge in [-0.3, -0.25) is 9.10 Å². The third-order valence-corrected chi connectivity index (χ3v) is 3.96. The first-order valence-electron chi connectivity index (χ1n) is 5.51. The molecule has 2 N–H and O–H groups in total. The zero-order chi connectivity index (χ0) is 14.1. The van der Waals surface area contributed by atoms with Gasteiger partial charge in [0.25, 0.3) is 0 Å². The number of sulfonamides is 1. The van der Waals surface area contributed by atoms with Crippen molar-refractivity contribution in [3.8, 4) is 0 Å². The van der Waals surface area contributed by atoms with Crippen molar-refractivity contribution in [3.05, 3.63) is 29.3 Å². The Morgan fingerprint density at radius 3 is 2.22 bits per heavy atom. The third kappa shape index (κ3) is 3.22. The van der Waals surface area contributed by atoms with Crippen molar-refractivity contribution in [3.63, 3.8) is 0 Å². The van der Waals surface area contributed by atoms with Gasteiger partial charge in [-0.2, -0.15) is 0 Å². The van der Waals surface area contributed by atoms with Crippen molar-refractivity contribution in [1.29, 1.82) is 0 Å². The molecule has 0 aliphatic heterocycles. The number of anilines is 1. The number of hydrogen-bond donors (Lipinski definition) is 1. The van der Waals surface area contributed by atoms with Gasteiger partial charge < -0.3 is 5.73 Å². The highest BCUT2D eigenvalue weighted by Gasteiger charge is 2.15. The van der Waals surface area contributed by atoms with Crippen LogP contribution in [0.15, 0.2) is 18.2 Å². The molecule has 0 heterocycles. The standard InChI is InChI=1S/C12H18N2O3S/c1-8(2)9-5-10(12(13)15)7-11(6-9)14(3)18(4,16)17/h5-8H,1-4H3,(H2,13,15). The summed E-state index contributed by atoms with van der Waals surface area (Å²) in [5.41, 5.74) is 6.88. The van der Waals surface area contributed by atoms with Gasteiger partial charge in [0.15, 0.2) is 0 Å². The fourth-order valence-corrected chi connectivity index (χ4v) is 1.97. The van der Waals surface area contributed by atoms with Crippen LogP contribution in [0.5, 0.6) is 0 Å². The minimum Gasteiger partial charge on any atom is -0.366 e. The number of benzene rings is 1. The van der Waals surface area contributed by atoms with Gasteiger partial charge in [-0.1, -0.05) is 13.8 Å². The molecule has 0 fully saturated rings. The maximum atomic E-state index is 11.5. The minimum atomic E-state index is -3.36. The van der Waals surface area contributed by atoms with E-state index in [1.807, 2.05) is 13.8 Å². The molecule has 5 nitrogen and oxygen atoms in total. The fourth-order valence-electron chi connectivity index (χ4n) is 1.48. The van der Waals surface area contributed by atoms with E-state index >= 15 is 0 Å². The summed E-state index contributed by atoms with van der Waals surface area (Å²) < 4.78 is 24.1. The van der Waals surface area contributed by atoms with Gasteiger partial charge in [-0.25, -0.2) is 8.42 Å². The van der Waals surface area contributed by atoms with Crippen LogP contribution in [0.1, 0.15) is 35.7 Å². The SMILES string of the molecule is CC(C)c1cc(C(N)=O)cc(N(C)S(C)(=O)=O)c1. The molecule has 0 saturated carbocycles. The molecule has 0 atom stereocenters. The van der Waals surface area contributed by atoms with E-state index in [1.165, 1.54) is 13.1 Å². The largest absolute Gasteiger partial charge is 0.366 e. The van der Waals surface area contributed by atoms with Crippen molar-refractivity contribution >= 4 is 21.6 Å². The van der Waals surface area contributed by atoms with E-state index in [-0.39, 0.29) is 5.92 Å². The summed E-state index contributed by atoms with van der Waals surface area (Å²) in [6.07, 6.45) is 1.11. The van der Waals surface area contributed by atoms with E-state index in [9.17, 15) is 13.2 Å². The van der Waals surface area contributed by atoms with E-state index in [0.29, 0.717) is 11.3 Å². The van der Waals surface area contributed by atoms with Gasteiger partial charge in [0.05, 0.1) is 11.9 Å². The molecule has 6 heteroatoms. The predicted molar refractivity (Wildman–Crippen MR) is 72.3 cm³/mol. The first-order valence-corrected chi connectivity index (χ1v) is 7.36. The highest BCUT2D eigenvalue weighted by Crippen LogP contribution is 2.24. The quantitative estimate of drug-likeness (QED) is 0.895. The van der Waals surface area contributed by atoms with E-state index in [2.05, 4.69) is 0 Å². The van der Waals surface area contributed by atoms with E-state index in [4.69, 9.17) is 5.73 Å². The molecule has 1 aromatic carbocycles. The zero-order valence-electron chi connectivity index (χ0n) is 11.0. The van der Waals surface area contributed by atoms with Crippen molar-refractivity contribution in [1.82, 2.24) is 0 Å². The molecule has 0 spiro atoms. The van der Waals surface area contributed by atoms with Crippen molar-refractivity contribution < 1.29 is 13.2 Å². The van der Waals surface area contributed by atoms with Gasteiger partial charge in [0.1, 0.15) is 0 Å². The molecule has 0 saturated heterocycles. The molecule has 1 amide bonds. The molecule has 0 aliphatic rings. The summed E-state index contributed by atoms with van der Waals surface area (Å²) in [7, 11) is -1.92. The van der Waals surface area contributed by atoms with Crippen LogP contribution in [-0.2, 0) is 10.0 Å². The first kappa shape index (κ1) is 14.5. The number of amides is 1. The van der Waals surface area contributed by atoms with Crippen LogP contribution < -0.4 is 10.0 Å². The normalized spacial score (nSPS) is 11.6. The Morgan fingerprint density at radius 2 is 1.83 bits per heavy atom. The average Bonchev–Trinajstić information content (AvgIpc) is 2.26. The number of rotatable bonds is 4. The van der Waals surface area contributed by atoms with Crippen LogP contribution in [0.25, 0.3) is 0 Å². The lowest BCUT2D eigenvalue weighted by Crippen LogP contribution is -2.25. The van der Waals surface area contributed by atoms with Crippen LogP contribution >= 0.6 is 0 Å². The van der Waals surface area contributed by atoms with E-state index < -0.39 is 15.9 Å². The molecule has 0 aliphatic carbocycles. The topological polar surface area (TPSA) is 80.5 Å². The minimum absolute atomic E-state index is 0.177. The van der Waals surface area contributed by atoms with Gasteiger partial charge in [-0.15, -0.1) is 0 Å². The number of primary amides is 1. The van der Waals surface area contributed by atoms with Crippen LogP contribution in [0.3, 0.4) is 0 Å². The Kier molecular flexibility index (Phi) is 4.01. The van der Waals surface area contributed by atoms with Crippen molar-refractivity contribution in [2.45, 2.75) is 19.8 Å². The number of hydrogen-bond acceptors (Lipinski definition) is 3. The molecule has 18 heavy (non-hydrogen) atoms. The summed E-state index contributed by atoms with van der Waals surface area (Å²) in [5.74, 6) is -0.392. The molecule has 0 radical (unpaired) electrons. The van der Waals surface area contributed by atoms with Crippen LogP contribution in [-0.4, -0.2) is 27.6 Å². The summed E-state index contributed by atoms with van der Waals surface area (Å²) in [4.78, 5) is 11.3. The molecule has 1 rings (SSSR count). The Hall–Kier alpha value is -1.56. The maximum absolute atomic E-state index is 11.5. The maximum Gasteiger partial charge on any atom is 0.248 e. The van der Waals surface area contributed by atoms with Gasteiger partial charge in [-0.05, 0) is 29.7 Å². The lowest BCUT2D eigenvalue weighted by Gasteiger charge is -2.19. The first-order chi connectivity index (χ1) is 8.12. The second-order valence-corrected chi connectivity index (χ2v) is 6.58. The van der Waals surface area contributed by atoms with Crippen LogP contribution in [0, 0.1) is 0 Å². The summed E-state index contributed by atoms with van der Waals surface area (Å²) in [6, 6.07) is 4.92. The third-order valence-electron chi connectivity index (χ3n) is 2.75. The molecular formula is C12H18N2O3S.